The van der Waals surface area contributed by atoms with Gasteiger partial charge in [0.25, 0.3) is 5.91 Å². The molecule has 2 fully saturated rings. The SMILES string of the molecule is CC(CN(C(=O)C1CCN(C(=O)COc2ccccc2)CC1)C1CC1)C(=O)O. The maximum absolute atomic E-state index is 12.9. The van der Waals surface area contributed by atoms with E-state index in [1.165, 1.54) is 0 Å². The molecule has 3 rings (SSSR count). The summed E-state index contributed by atoms with van der Waals surface area (Å²) >= 11 is 0. The third-order valence-corrected chi connectivity index (χ3v) is 5.47. The van der Waals surface area contributed by atoms with Crippen LogP contribution >= 0.6 is 0 Å². The normalized spacial score (nSPS) is 18.4. The molecule has 7 nitrogen and oxygen atoms in total. The predicted octanol–water partition coefficient (Wildman–Crippen LogP) is 2.02. The monoisotopic (exact) mass is 388 g/mol. The van der Waals surface area contributed by atoms with Gasteiger partial charge in [0, 0.05) is 31.6 Å². The van der Waals surface area contributed by atoms with Crippen LogP contribution in [0.1, 0.15) is 32.6 Å². The summed E-state index contributed by atoms with van der Waals surface area (Å²) < 4.78 is 5.52. The highest BCUT2D eigenvalue weighted by Crippen LogP contribution is 2.31. The van der Waals surface area contributed by atoms with E-state index < -0.39 is 11.9 Å². The van der Waals surface area contributed by atoms with Gasteiger partial charge in [0.05, 0.1) is 5.92 Å². The summed E-state index contributed by atoms with van der Waals surface area (Å²) in [6.07, 6.45) is 3.12. The number of carboxylic acids is 1. The second kappa shape index (κ2) is 9.08. The van der Waals surface area contributed by atoms with Crippen molar-refractivity contribution in [1.82, 2.24) is 9.80 Å². The van der Waals surface area contributed by atoms with Crippen molar-refractivity contribution in [3.8, 4) is 5.75 Å². The Bertz CT molecular complexity index is 696. The largest absolute Gasteiger partial charge is 0.484 e. The van der Waals surface area contributed by atoms with Gasteiger partial charge in [-0.15, -0.1) is 0 Å². The van der Waals surface area contributed by atoms with E-state index in [1.807, 2.05) is 30.3 Å². The number of likely N-dealkylation sites (tertiary alicyclic amines) is 1. The lowest BCUT2D eigenvalue weighted by Crippen LogP contribution is -2.47. The summed E-state index contributed by atoms with van der Waals surface area (Å²) in [6, 6.07) is 9.40. The Morgan fingerprint density at radius 2 is 1.79 bits per heavy atom. The standard InChI is InChI=1S/C21H28N2O5/c1-15(21(26)27)13-23(17-7-8-17)20(25)16-9-11-22(12-10-16)19(24)14-28-18-5-3-2-4-6-18/h2-6,15-17H,7-14H2,1H3,(H,26,27). The molecule has 0 radical (unpaired) electrons. The van der Waals surface area contributed by atoms with Crippen LogP contribution in [-0.2, 0) is 14.4 Å². The van der Waals surface area contributed by atoms with E-state index in [9.17, 15) is 14.4 Å². The maximum atomic E-state index is 12.9. The molecule has 1 aromatic rings. The van der Waals surface area contributed by atoms with Crippen LogP contribution in [-0.4, -0.2) is 65.0 Å². The van der Waals surface area contributed by atoms with Crippen molar-refractivity contribution in [3.63, 3.8) is 0 Å². The second-order valence-corrected chi connectivity index (χ2v) is 7.72. The number of hydrogen-bond acceptors (Lipinski definition) is 4. The van der Waals surface area contributed by atoms with Crippen molar-refractivity contribution < 1.29 is 24.2 Å². The molecule has 1 aliphatic carbocycles. The molecule has 0 bridgehead atoms. The number of benzene rings is 1. The third kappa shape index (κ3) is 5.24. The number of aliphatic carboxylic acids is 1. The van der Waals surface area contributed by atoms with Crippen LogP contribution in [0.3, 0.4) is 0 Å². The van der Waals surface area contributed by atoms with E-state index in [2.05, 4.69) is 0 Å². The van der Waals surface area contributed by atoms with Crippen molar-refractivity contribution >= 4 is 17.8 Å². The molecule has 7 heteroatoms. The molecule has 1 aromatic carbocycles. The lowest BCUT2D eigenvalue weighted by molar-refractivity contribution is -0.146. The zero-order chi connectivity index (χ0) is 20.1. The summed E-state index contributed by atoms with van der Waals surface area (Å²) in [7, 11) is 0. The van der Waals surface area contributed by atoms with Gasteiger partial charge in [-0.05, 0) is 37.8 Å². The van der Waals surface area contributed by atoms with Gasteiger partial charge in [-0.1, -0.05) is 25.1 Å². The lowest BCUT2D eigenvalue weighted by Gasteiger charge is -2.35. The Kier molecular flexibility index (Phi) is 6.54. The Hall–Kier alpha value is -2.57. The van der Waals surface area contributed by atoms with Crippen LogP contribution in [0.25, 0.3) is 0 Å². The van der Waals surface area contributed by atoms with Crippen molar-refractivity contribution in [2.45, 2.75) is 38.6 Å². The minimum atomic E-state index is -0.878. The minimum Gasteiger partial charge on any atom is -0.484 e. The highest BCUT2D eigenvalue weighted by Gasteiger charge is 2.38. The van der Waals surface area contributed by atoms with Crippen molar-refractivity contribution in [2.75, 3.05) is 26.2 Å². The number of ether oxygens (including phenoxy) is 1. The fourth-order valence-corrected chi connectivity index (χ4v) is 3.54. The van der Waals surface area contributed by atoms with E-state index in [1.54, 1.807) is 16.7 Å². The van der Waals surface area contributed by atoms with E-state index in [0.29, 0.717) is 31.7 Å². The minimum absolute atomic E-state index is 0.00699. The molecule has 152 valence electrons. The summed E-state index contributed by atoms with van der Waals surface area (Å²) in [4.78, 5) is 40.0. The molecular formula is C21H28N2O5. The summed E-state index contributed by atoms with van der Waals surface area (Å²) in [5.41, 5.74) is 0. The van der Waals surface area contributed by atoms with Crippen LogP contribution in [0.2, 0.25) is 0 Å². The zero-order valence-electron chi connectivity index (χ0n) is 16.3. The van der Waals surface area contributed by atoms with Crippen LogP contribution < -0.4 is 4.74 Å². The number of rotatable bonds is 8. The first kappa shape index (κ1) is 20.2. The summed E-state index contributed by atoms with van der Waals surface area (Å²) in [5, 5.41) is 9.16. The number of para-hydroxylation sites is 1. The van der Waals surface area contributed by atoms with E-state index in [0.717, 1.165) is 12.8 Å². The molecule has 1 aliphatic heterocycles. The second-order valence-electron chi connectivity index (χ2n) is 7.72. The van der Waals surface area contributed by atoms with Gasteiger partial charge in [0.2, 0.25) is 5.91 Å². The number of hydrogen-bond donors (Lipinski definition) is 1. The van der Waals surface area contributed by atoms with Gasteiger partial charge in [-0.25, -0.2) is 0 Å². The maximum Gasteiger partial charge on any atom is 0.308 e. The molecule has 1 heterocycles. The first-order valence-electron chi connectivity index (χ1n) is 9.94. The first-order valence-corrected chi connectivity index (χ1v) is 9.94. The number of amides is 2. The van der Waals surface area contributed by atoms with E-state index in [4.69, 9.17) is 9.84 Å². The molecule has 1 unspecified atom stereocenters. The lowest BCUT2D eigenvalue weighted by atomic mass is 9.94. The molecule has 28 heavy (non-hydrogen) atoms. The molecule has 0 spiro atoms. The number of carbonyl (C=O) groups is 3. The van der Waals surface area contributed by atoms with Crippen LogP contribution in [0.5, 0.6) is 5.75 Å². The molecule has 1 saturated carbocycles. The fourth-order valence-electron chi connectivity index (χ4n) is 3.54. The van der Waals surface area contributed by atoms with Gasteiger partial charge < -0.3 is 19.6 Å². The summed E-state index contributed by atoms with van der Waals surface area (Å²) in [5.74, 6) is -0.954. The number of nitrogens with zero attached hydrogens (tertiary/aromatic N) is 2. The van der Waals surface area contributed by atoms with Gasteiger partial charge >= 0.3 is 5.97 Å². The first-order chi connectivity index (χ1) is 13.5. The topological polar surface area (TPSA) is 87.2 Å². The van der Waals surface area contributed by atoms with E-state index in [-0.39, 0.29) is 36.9 Å². The van der Waals surface area contributed by atoms with E-state index >= 15 is 0 Å². The average Bonchev–Trinajstić information content (AvgIpc) is 3.55. The molecule has 1 N–H and O–H groups in total. The quantitative estimate of drug-likeness (QED) is 0.736. The number of carbonyl (C=O) groups excluding carboxylic acids is 2. The Morgan fingerprint density at radius 3 is 2.36 bits per heavy atom. The zero-order valence-corrected chi connectivity index (χ0v) is 16.3. The summed E-state index contributed by atoms with van der Waals surface area (Å²) in [6.45, 7) is 2.95. The van der Waals surface area contributed by atoms with Crippen LogP contribution in [0.4, 0.5) is 0 Å². The Labute approximate surface area is 165 Å². The number of carboxylic acid groups (broad SMARTS) is 1. The molecule has 1 saturated heterocycles. The van der Waals surface area contributed by atoms with Gasteiger partial charge in [-0.2, -0.15) is 0 Å². The van der Waals surface area contributed by atoms with Crippen molar-refractivity contribution in [2.24, 2.45) is 11.8 Å². The number of piperidine rings is 1. The van der Waals surface area contributed by atoms with Crippen LogP contribution in [0, 0.1) is 11.8 Å². The molecule has 1 atom stereocenters. The molecule has 2 aliphatic rings. The van der Waals surface area contributed by atoms with Crippen LogP contribution in [0.15, 0.2) is 30.3 Å². The molecule has 0 aromatic heterocycles. The van der Waals surface area contributed by atoms with Crippen molar-refractivity contribution in [3.05, 3.63) is 30.3 Å². The smallest absolute Gasteiger partial charge is 0.308 e. The van der Waals surface area contributed by atoms with Gasteiger partial charge in [0.1, 0.15) is 5.75 Å². The predicted molar refractivity (Wildman–Crippen MR) is 103 cm³/mol. The van der Waals surface area contributed by atoms with Gasteiger partial charge in [0.15, 0.2) is 6.61 Å². The highest BCUT2D eigenvalue weighted by molar-refractivity contribution is 5.82. The molecular weight excluding hydrogens is 360 g/mol. The fraction of sp³-hybridized carbons (Fsp3) is 0.571. The third-order valence-electron chi connectivity index (χ3n) is 5.47. The average molecular weight is 388 g/mol. The van der Waals surface area contributed by atoms with Gasteiger partial charge in [-0.3, -0.25) is 14.4 Å². The Morgan fingerprint density at radius 1 is 1.14 bits per heavy atom. The Balaban J connectivity index is 1.47. The molecule has 2 amide bonds. The highest BCUT2D eigenvalue weighted by atomic mass is 16.5. The van der Waals surface area contributed by atoms with Crippen molar-refractivity contribution in [1.29, 1.82) is 0 Å².